The highest BCUT2D eigenvalue weighted by Gasteiger charge is 2.20. The second kappa shape index (κ2) is 5.85. The van der Waals surface area contributed by atoms with Gasteiger partial charge in [0.2, 0.25) is 0 Å². The molecule has 0 saturated heterocycles. The van der Waals surface area contributed by atoms with E-state index in [-0.39, 0.29) is 11.4 Å². The van der Waals surface area contributed by atoms with Gasteiger partial charge in [0.1, 0.15) is 17.5 Å². The van der Waals surface area contributed by atoms with Crippen LogP contribution in [0.4, 0.5) is 13.2 Å². The summed E-state index contributed by atoms with van der Waals surface area (Å²) in [5, 5.41) is 0.596. The van der Waals surface area contributed by atoms with Crippen molar-refractivity contribution in [3.63, 3.8) is 0 Å². The van der Waals surface area contributed by atoms with Gasteiger partial charge in [-0.2, -0.15) is 0 Å². The zero-order valence-electron chi connectivity index (χ0n) is 9.89. The number of Topliss-reactive ketones (excluding diaryl/α,β-unsaturated/α-hetero) is 1. The molecule has 0 N–H and O–H groups in total. The van der Waals surface area contributed by atoms with E-state index in [4.69, 9.17) is 23.2 Å². The van der Waals surface area contributed by atoms with Crippen LogP contribution in [0.3, 0.4) is 0 Å². The number of carbonyl (C=O) groups is 1. The minimum absolute atomic E-state index is 0.216. The third kappa shape index (κ3) is 3.14. The Labute approximate surface area is 122 Å². The van der Waals surface area contributed by atoms with Crippen LogP contribution < -0.4 is 0 Å². The predicted molar refractivity (Wildman–Crippen MR) is 70.8 cm³/mol. The molecule has 1 nitrogen and oxygen atoms in total. The molecule has 0 bridgehead atoms. The van der Waals surface area contributed by atoms with Crippen LogP contribution in [0.5, 0.6) is 0 Å². The smallest absolute Gasteiger partial charge is 0.173 e. The van der Waals surface area contributed by atoms with Gasteiger partial charge in [-0.3, -0.25) is 4.79 Å². The summed E-state index contributed by atoms with van der Waals surface area (Å²) in [6.07, 6.45) is -0.310. The van der Waals surface area contributed by atoms with E-state index in [9.17, 15) is 18.0 Å². The average molecular weight is 319 g/mol. The summed E-state index contributed by atoms with van der Waals surface area (Å²) >= 11 is 11.6. The minimum atomic E-state index is -1.24. The highest BCUT2D eigenvalue weighted by molar-refractivity contribution is 6.35. The average Bonchev–Trinajstić information content (AvgIpc) is 2.31. The molecule has 0 unspecified atom stereocenters. The van der Waals surface area contributed by atoms with Crippen LogP contribution in [0.15, 0.2) is 30.3 Å². The maximum atomic E-state index is 13.5. The van der Waals surface area contributed by atoms with Crippen LogP contribution in [0.1, 0.15) is 15.9 Å². The molecule has 0 spiro atoms. The van der Waals surface area contributed by atoms with Gasteiger partial charge in [-0.15, -0.1) is 0 Å². The monoisotopic (exact) mass is 318 g/mol. The number of ketones is 1. The lowest BCUT2D eigenvalue weighted by atomic mass is 10.0. The van der Waals surface area contributed by atoms with E-state index in [0.717, 1.165) is 0 Å². The zero-order valence-corrected chi connectivity index (χ0v) is 11.4. The Morgan fingerprint density at radius 2 is 1.60 bits per heavy atom. The molecule has 2 aromatic carbocycles. The van der Waals surface area contributed by atoms with Crippen molar-refractivity contribution in [3.8, 4) is 0 Å². The molecular weight excluding hydrogens is 312 g/mol. The van der Waals surface area contributed by atoms with Crippen LogP contribution in [-0.2, 0) is 6.42 Å². The van der Waals surface area contributed by atoms with E-state index < -0.39 is 28.8 Å². The molecule has 0 aromatic heterocycles. The largest absolute Gasteiger partial charge is 0.294 e. The van der Waals surface area contributed by atoms with Gasteiger partial charge in [0.25, 0.3) is 0 Å². The summed E-state index contributed by atoms with van der Waals surface area (Å²) < 4.78 is 39.7. The predicted octanol–water partition coefficient (Wildman–Crippen LogP) is 4.84. The number of hydrogen-bond donors (Lipinski definition) is 0. The molecule has 20 heavy (non-hydrogen) atoms. The molecule has 0 radical (unpaired) electrons. The van der Waals surface area contributed by atoms with Crippen molar-refractivity contribution in [1.82, 2.24) is 0 Å². The SMILES string of the molecule is O=C(Cc1ccc(Cl)cc1Cl)c1c(F)cc(F)cc1F. The quantitative estimate of drug-likeness (QED) is 0.740. The Morgan fingerprint density at radius 3 is 2.15 bits per heavy atom. The van der Waals surface area contributed by atoms with E-state index in [1.54, 1.807) is 0 Å². The third-order valence-electron chi connectivity index (χ3n) is 2.65. The lowest BCUT2D eigenvalue weighted by Gasteiger charge is -2.06. The van der Waals surface area contributed by atoms with Gasteiger partial charge in [0.15, 0.2) is 5.78 Å². The Hall–Kier alpha value is -1.52. The van der Waals surface area contributed by atoms with Gasteiger partial charge in [-0.1, -0.05) is 29.3 Å². The normalized spacial score (nSPS) is 10.7. The molecule has 0 aliphatic carbocycles. The highest BCUT2D eigenvalue weighted by atomic mass is 35.5. The number of hydrogen-bond acceptors (Lipinski definition) is 1. The van der Waals surface area contributed by atoms with E-state index in [0.29, 0.717) is 22.7 Å². The molecule has 2 aromatic rings. The van der Waals surface area contributed by atoms with E-state index in [2.05, 4.69) is 0 Å². The first-order chi connectivity index (χ1) is 9.38. The fourth-order valence-electron chi connectivity index (χ4n) is 1.73. The van der Waals surface area contributed by atoms with Crippen molar-refractivity contribution in [3.05, 3.63) is 69.0 Å². The van der Waals surface area contributed by atoms with Crippen LogP contribution >= 0.6 is 23.2 Å². The minimum Gasteiger partial charge on any atom is -0.294 e. The summed E-state index contributed by atoms with van der Waals surface area (Å²) in [5.74, 6) is -4.39. The Kier molecular flexibility index (Phi) is 4.35. The van der Waals surface area contributed by atoms with Gasteiger partial charge in [0.05, 0.1) is 5.56 Å². The number of halogens is 5. The molecule has 0 atom stereocenters. The van der Waals surface area contributed by atoms with Gasteiger partial charge < -0.3 is 0 Å². The maximum Gasteiger partial charge on any atom is 0.173 e. The molecule has 6 heteroatoms. The molecule has 2 rings (SSSR count). The van der Waals surface area contributed by atoms with Gasteiger partial charge in [-0.05, 0) is 17.7 Å². The summed E-state index contributed by atoms with van der Waals surface area (Å²) in [6.45, 7) is 0. The fraction of sp³-hybridized carbons (Fsp3) is 0.0714. The molecule has 0 aliphatic rings. The van der Waals surface area contributed by atoms with Gasteiger partial charge >= 0.3 is 0 Å². The first-order valence-corrected chi connectivity index (χ1v) is 6.25. The van der Waals surface area contributed by atoms with E-state index in [1.807, 2.05) is 0 Å². The van der Waals surface area contributed by atoms with E-state index >= 15 is 0 Å². The van der Waals surface area contributed by atoms with Gasteiger partial charge in [0, 0.05) is 28.6 Å². The Morgan fingerprint density at radius 1 is 1.00 bits per heavy atom. The van der Waals surface area contributed by atoms with Crippen molar-refractivity contribution >= 4 is 29.0 Å². The second-order valence-corrected chi connectivity index (χ2v) is 4.92. The summed E-state index contributed by atoms with van der Waals surface area (Å²) in [7, 11) is 0. The summed E-state index contributed by atoms with van der Waals surface area (Å²) in [6, 6.07) is 5.33. The molecule has 0 aliphatic heterocycles. The molecule has 0 amide bonds. The van der Waals surface area contributed by atoms with Crippen molar-refractivity contribution in [2.24, 2.45) is 0 Å². The van der Waals surface area contributed by atoms with Crippen molar-refractivity contribution in [2.75, 3.05) is 0 Å². The molecular formula is C14H7Cl2F3O. The van der Waals surface area contributed by atoms with Crippen LogP contribution in [0.25, 0.3) is 0 Å². The lowest BCUT2D eigenvalue weighted by Crippen LogP contribution is -2.10. The second-order valence-electron chi connectivity index (χ2n) is 4.08. The Balaban J connectivity index is 2.33. The zero-order chi connectivity index (χ0) is 14.9. The summed E-state index contributed by atoms with van der Waals surface area (Å²) in [5.41, 5.74) is -0.401. The van der Waals surface area contributed by atoms with Crippen molar-refractivity contribution in [2.45, 2.75) is 6.42 Å². The molecule has 0 heterocycles. The van der Waals surface area contributed by atoms with Crippen LogP contribution in [-0.4, -0.2) is 5.78 Å². The number of rotatable bonds is 3. The third-order valence-corrected chi connectivity index (χ3v) is 3.24. The first kappa shape index (κ1) is 14.9. The first-order valence-electron chi connectivity index (χ1n) is 5.50. The highest BCUT2D eigenvalue weighted by Crippen LogP contribution is 2.24. The topological polar surface area (TPSA) is 17.1 Å². The summed E-state index contributed by atoms with van der Waals surface area (Å²) in [4.78, 5) is 11.9. The molecule has 104 valence electrons. The standard InChI is InChI=1S/C14H7Cl2F3O/c15-8-2-1-7(10(16)4-8)3-13(20)14-11(18)5-9(17)6-12(14)19/h1-2,4-6H,3H2. The van der Waals surface area contributed by atoms with Crippen LogP contribution in [0, 0.1) is 17.5 Å². The number of benzene rings is 2. The van der Waals surface area contributed by atoms with Crippen molar-refractivity contribution in [1.29, 1.82) is 0 Å². The lowest BCUT2D eigenvalue weighted by molar-refractivity contribution is 0.0984. The van der Waals surface area contributed by atoms with Crippen LogP contribution in [0.2, 0.25) is 10.0 Å². The number of carbonyl (C=O) groups excluding carboxylic acids is 1. The molecule has 0 saturated carbocycles. The maximum absolute atomic E-state index is 13.5. The Bertz CT molecular complexity index is 663. The molecule has 0 fully saturated rings. The fourth-order valence-corrected chi connectivity index (χ4v) is 2.21. The van der Waals surface area contributed by atoms with Gasteiger partial charge in [-0.25, -0.2) is 13.2 Å². The van der Waals surface area contributed by atoms with E-state index in [1.165, 1.54) is 18.2 Å². The van der Waals surface area contributed by atoms with Crippen molar-refractivity contribution < 1.29 is 18.0 Å².